The van der Waals surface area contributed by atoms with Crippen molar-refractivity contribution in [1.29, 1.82) is 0 Å². The molecule has 3 rings (SSSR count). The van der Waals surface area contributed by atoms with Gasteiger partial charge < -0.3 is 10.2 Å². The molecule has 0 aromatic rings. The van der Waals surface area contributed by atoms with Gasteiger partial charge in [-0.25, -0.2) is 0 Å². The Hall–Kier alpha value is -0.160. The summed E-state index contributed by atoms with van der Waals surface area (Å²) in [6, 6.07) is 0.274. The molecule has 2 aliphatic carbocycles. The van der Waals surface area contributed by atoms with Crippen LogP contribution in [-0.2, 0) is 4.84 Å². The lowest BCUT2D eigenvalue weighted by atomic mass is 9.61. The van der Waals surface area contributed by atoms with E-state index < -0.39 is 0 Å². The van der Waals surface area contributed by atoms with Gasteiger partial charge in [0.05, 0.1) is 18.3 Å². The molecule has 140 valence electrons. The van der Waals surface area contributed by atoms with Crippen molar-refractivity contribution in [3.05, 3.63) is 0 Å². The largest absolute Gasteiger partial charge is 0.396 e. The van der Waals surface area contributed by atoms with Crippen molar-refractivity contribution in [2.24, 2.45) is 29.1 Å². The topological polar surface area (TPSA) is 52.9 Å². The zero-order valence-corrected chi connectivity index (χ0v) is 16.2. The van der Waals surface area contributed by atoms with E-state index in [1.807, 2.05) is 12.1 Å². The maximum absolute atomic E-state index is 10.5. The highest BCUT2D eigenvalue weighted by atomic mass is 16.7. The number of fused-ring (bicyclic) bond motifs is 1. The minimum atomic E-state index is -0.295. The fraction of sp³-hybridized carbons (Fsp3) is 1.00. The number of aliphatic hydroxyl groups is 2. The summed E-state index contributed by atoms with van der Waals surface area (Å²) in [5.41, 5.74) is -0.00359. The lowest BCUT2D eigenvalue weighted by Gasteiger charge is -2.45. The first-order valence-corrected chi connectivity index (χ1v) is 9.91. The summed E-state index contributed by atoms with van der Waals surface area (Å²) in [7, 11) is 2.01. The third-order valence-electron chi connectivity index (χ3n) is 7.86. The van der Waals surface area contributed by atoms with Gasteiger partial charge in [0.25, 0.3) is 0 Å². The molecule has 0 radical (unpaired) electrons. The van der Waals surface area contributed by atoms with E-state index in [0.29, 0.717) is 23.2 Å². The molecule has 0 bridgehead atoms. The van der Waals surface area contributed by atoms with Gasteiger partial charge in [-0.05, 0) is 69.1 Å². The van der Waals surface area contributed by atoms with Crippen molar-refractivity contribution in [3.8, 4) is 0 Å². The van der Waals surface area contributed by atoms with E-state index in [4.69, 9.17) is 4.84 Å². The van der Waals surface area contributed by atoms with Gasteiger partial charge in [-0.2, -0.15) is 5.06 Å². The Balaban J connectivity index is 1.72. The van der Waals surface area contributed by atoms with Crippen LogP contribution in [0.1, 0.15) is 66.2 Å². The van der Waals surface area contributed by atoms with Crippen molar-refractivity contribution >= 4 is 0 Å². The second-order valence-electron chi connectivity index (χ2n) is 9.57. The average Bonchev–Trinajstić information content (AvgIpc) is 2.94. The molecule has 1 aliphatic heterocycles. The molecule has 0 aromatic heterocycles. The Kier molecular flexibility index (Phi) is 5.07. The molecule has 4 nitrogen and oxygen atoms in total. The van der Waals surface area contributed by atoms with Gasteiger partial charge in [-0.3, -0.25) is 4.84 Å². The predicted molar refractivity (Wildman–Crippen MR) is 95.3 cm³/mol. The number of aliphatic hydroxyl groups excluding tert-OH is 2. The van der Waals surface area contributed by atoms with E-state index in [0.717, 1.165) is 19.3 Å². The number of hydrogen-bond acceptors (Lipinski definition) is 4. The third-order valence-corrected chi connectivity index (χ3v) is 7.86. The molecular formula is C20H37NO3. The number of hydroxylamine groups is 2. The first-order valence-electron chi connectivity index (χ1n) is 9.91. The lowest BCUT2D eigenvalue weighted by Crippen LogP contribution is -2.43. The molecular weight excluding hydrogens is 302 g/mol. The van der Waals surface area contributed by atoms with E-state index in [2.05, 4.69) is 27.7 Å². The van der Waals surface area contributed by atoms with Gasteiger partial charge >= 0.3 is 0 Å². The third kappa shape index (κ3) is 2.94. The van der Waals surface area contributed by atoms with Crippen LogP contribution in [0.3, 0.4) is 0 Å². The molecule has 0 spiro atoms. The summed E-state index contributed by atoms with van der Waals surface area (Å²) in [6.45, 7) is 9.15. The minimum absolute atomic E-state index is 0.0949. The summed E-state index contributed by atoms with van der Waals surface area (Å²) in [5.74, 6) is 1.91. The molecule has 3 aliphatic rings. The van der Waals surface area contributed by atoms with Crippen LogP contribution in [0.2, 0.25) is 0 Å². The van der Waals surface area contributed by atoms with Gasteiger partial charge in [0.15, 0.2) is 0 Å². The van der Waals surface area contributed by atoms with E-state index in [9.17, 15) is 10.2 Å². The minimum Gasteiger partial charge on any atom is -0.396 e. The normalized spacial score (nSPS) is 46.9. The zero-order chi connectivity index (χ0) is 17.7. The quantitative estimate of drug-likeness (QED) is 0.826. The number of hydrogen-bond donors (Lipinski definition) is 2. The van der Waals surface area contributed by atoms with Crippen LogP contribution in [0.5, 0.6) is 0 Å². The van der Waals surface area contributed by atoms with Crippen molar-refractivity contribution in [3.63, 3.8) is 0 Å². The molecule has 1 saturated heterocycles. The Bertz CT molecular complexity index is 454. The maximum atomic E-state index is 10.5. The highest BCUT2D eigenvalue weighted by molar-refractivity contribution is 5.03. The first-order chi connectivity index (χ1) is 11.2. The fourth-order valence-corrected chi connectivity index (χ4v) is 6.55. The Morgan fingerprint density at radius 3 is 2.58 bits per heavy atom. The Morgan fingerprint density at radius 1 is 1.21 bits per heavy atom. The summed E-state index contributed by atoms with van der Waals surface area (Å²) in [5, 5.41) is 22.3. The van der Waals surface area contributed by atoms with Crippen LogP contribution in [0.25, 0.3) is 0 Å². The van der Waals surface area contributed by atoms with Crippen LogP contribution in [0.15, 0.2) is 0 Å². The highest BCUT2D eigenvalue weighted by Gasteiger charge is 2.54. The first kappa shape index (κ1) is 18.6. The Labute approximate surface area is 147 Å². The molecule has 7 atom stereocenters. The van der Waals surface area contributed by atoms with Crippen LogP contribution in [0, 0.1) is 29.1 Å². The summed E-state index contributed by atoms with van der Waals surface area (Å²) in [4.78, 5) is 6.01. The molecule has 24 heavy (non-hydrogen) atoms. The van der Waals surface area contributed by atoms with E-state index in [-0.39, 0.29) is 30.3 Å². The van der Waals surface area contributed by atoms with Crippen molar-refractivity contribution in [2.45, 2.75) is 84.0 Å². The highest BCUT2D eigenvalue weighted by Crippen LogP contribution is 2.58. The average molecular weight is 340 g/mol. The Morgan fingerprint density at radius 2 is 1.92 bits per heavy atom. The van der Waals surface area contributed by atoms with E-state index in [1.54, 1.807) is 0 Å². The maximum Gasteiger partial charge on any atom is 0.0909 e. The molecule has 2 N–H and O–H groups in total. The van der Waals surface area contributed by atoms with Crippen LogP contribution in [-0.4, -0.2) is 46.7 Å². The van der Waals surface area contributed by atoms with Crippen molar-refractivity contribution in [1.82, 2.24) is 5.06 Å². The molecule has 0 aromatic carbocycles. The van der Waals surface area contributed by atoms with Crippen molar-refractivity contribution < 1.29 is 15.1 Å². The molecule has 3 fully saturated rings. The summed E-state index contributed by atoms with van der Waals surface area (Å²) < 4.78 is 0. The van der Waals surface area contributed by atoms with E-state index >= 15 is 0 Å². The van der Waals surface area contributed by atoms with Gasteiger partial charge in [0.1, 0.15) is 0 Å². The molecule has 2 saturated carbocycles. The smallest absolute Gasteiger partial charge is 0.0909 e. The second kappa shape index (κ2) is 6.53. The van der Waals surface area contributed by atoms with Gasteiger partial charge in [-0.1, -0.05) is 20.3 Å². The number of rotatable bonds is 4. The molecule has 7 unspecified atom stereocenters. The van der Waals surface area contributed by atoms with Crippen LogP contribution in [0.4, 0.5) is 0 Å². The van der Waals surface area contributed by atoms with Gasteiger partial charge in [0.2, 0.25) is 0 Å². The summed E-state index contributed by atoms with van der Waals surface area (Å²) >= 11 is 0. The van der Waals surface area contributed by atoms with Crippen molar-refractivity contribution in [2.75, 3.05) is 13.7 Å². The molecule has 1 heterocycles. The SMILES string of the molecule is CC(CC1C(CO)C(C)(C)ON1C)C1CCC2C(O)CCCC12C. The van der Waals surface area contributed by atoms with Gasteiger partial charge in [-0.15, -0.1) is 0 Å². The van der Waals surface area contributed by atoms with Crippen LogP contribution >= 0.6 is 0 Å². The zero-order valence-electron chi connectivity index (χ0n) is 16.2. The van der Waals surface area contributed by atoms with Gasteiger partial charge in [0, 0.05) is 19.0 Å². The van der Waals surface area contributed by atoms with Crippen LogP contribution < -0.4 is 0 Å². The monoisotopic (exact) mass is 339 g/mol. The predicted octanol–water partition coefficient (Wildman–Crippen LogP) is 3.22. The molecule has 0 amide bonds. The second-order valence-corrected chi connectivity index (χ2v) is 9.57. The van der Waals surface area contributed by atoms with E-state index in [1.165, 1.54) is 19.3 Å². The standard InChI is InChI=1S/C20H37NO3/c1-13(11-17-16(12-22)19(2,3)24-21(17)5)14-8-9-15-18(23)7-6-10-20(14,15)4/h13-18,22-23H,6-12H2,1-5H3. The lowest BCUT2D eigenvalue weighted by molar-refractivity contribution is -0.181. The fourth-order valence-electron chi connectivity index (χ4n) is 6.55. The summed E-state index contributed by atoms with van der Waals surface area (Å²) in [6.07, 6.45) is 6.80. The number of nitrogens with zero attached hydrogens (tertiary/aromatic N) is 1. The molecule has 4 heteroatoms.